The van der Waals surface area contributed by atoms with Gasteiger partial charge in [-0.3, -0.25) is 4.79 Å². The van der Waals surface area contributed by atoms with Crippen molar-refractivity contribution in [2.45, 2.75) is 76.6 Å². The average molecular weight is 470 g/mol. The summed E-state index contributed by atoms with van der Waals surface area (Å²) in [5.74, 6) is -0.0241. The van der Waals surface area contributed by atoms with Gasteiger partial charge in [0.25, 0.3) is 0 Å². The molecule has 0 heterocycles. The van der Waals surface area contributed by atoms with Crippen molar-refractivity contribution in [3.8, 4) is 0 Å². The van der Waals surface area contributed by atoms with E-state index in [1.807, 2.05) is 6.07 Å². The van der Waals surface area contributed by atoms with Crippen LogP contribution in [-0.2, 0) is 16.1 Å². The number of carbonyl (C=O) groups excluding carboxylic acids is 2. The molecular weight excluding hydrogens is 433 g/mol. The Labute approximate surface area is 201 Å². The number of amides is 2. The van der Waals surface area contributed by atoms with Gasteiger partial charge in [-0.25, -0.2) is 9.18 Å². The zero-order chi connectivity index (χ0) is 24.6. The van der Waals surface area contributed by atoms with Crippen molar-refractivity contribution in [2.75, 3.05) is 6.54 Å². The van der Waals surface area contributed by atoms with Crippen molar-refractivity contribution in [1.82, 2.24) is 16.0 Å². The van der Waals surface area contributed by atoms with Crippen LogP contribution in [0.1, 0.15) is 63.5 Å². The van der Waals surface area contributed by atoms with Crippen LogP contribution in [0.3, 0.4) is 0 Å². The van der Waals surface area contributed by atoms with E-state index in [-0.39, 0.29) is 18.3 Å². The zero-order valence-corrected chi connectivity index (χ0v) is 20.3. The van der Waals surface area contributed by atoms with E-state index < -0.39 is 17.7 Å². The normalized spacial score (nSPS) is 18.1. The van der Waals surface area contributed by atoms with Gasteiger partial charge in [0.05, 0.1) is 0 Å². The van der Waals surface area contributed by atoms with Gasteiger partial charge in [-0.1, -0.05) is 42.5 Å². The van der Waals surface area contributed by atoms with Gasteiger partial charge in [-0.05, 0) is 76.3 Å². The van der Waals surface area contributed by atoms with E-state index in [1.54, 1.807) is 32.9 Å². The Balaban J connectivity index is 1.43. The van der Waals surface area contributed by atoms with Crippen LogP contribution in [0.2, 0.25) is 0 Å². The summed E-state index contributed by atoms with van der Waals surface area (Å²) >= 11 is 0. The number of rotatable bonds is 11. The Bertz CT molecular complexity index is 928. The van der Waals surface area contributed by atoms with Crippen molar-refractivity contribution in [2.24, 2.45) is 0 Å². The summed E-state index contributed by atoms with van der Waals surface area (Å²) in [5, 5.41) is 9.13. The fourth-order valence-corrected chi connectivity index (χ4v) is 3.88. The van der Waals surface area contributed by atoms with E-state index in [2.05, 4.69) is 40.2 Å². The van der Waals surface area contributed by atoms with E-state index in [0.717, 1.165) is 31.4 Å². The van der Waals surface area contributed by atoms with Crippen LogP contribution in [-0.4, -0.2) is 36.2 Å². The molecule has 2 aromatic rings. The maximum atomic E-state index is 13.1. The number of unbranched alkanes of at least 4 members (excludes halogenated alkanes) is 1. The fraction of sp³-hybridized carbons (Fsp3) is 0.481. The largest absolute Gasteiger partial charge is 0.444 e. The number of ether oxygens (including phenoxy) is 1. The van der Waals surface area contributed by atoms with E-state index >= 15 is 0 Å². The molecule has 0 spiro atoms. The lowest BCUT2D eigenvalue weighted by Gasteiger charge is -2.23. The molecule has 1 fully saturated rings. The minimum absolute atomic E-state index is 0.260. The van der Waals surface area contributed by atoms with E-state index in [1.165, 1.54) is 17.7 Å². The molecule has 0 saturated heterocycles. The smallest absolute Gasteiger partial charge is 0.408 e. The zero-order valence-electron chi connectivity index (χ0n) is 20.3. The number of halogens is 1. The highest BCUT2D eigenvalue weighted by atomic mass is 19.1. The van der Waals surface area contributed by atoms with Gasteiger partial charge in [0.2, 0.25) is 5.91 Å². The van der Waals surface area contributed by atoms with E-state index in [4.69, 9.17) is 4.74 Å². The van der Waals surface area contributed by atoms with Gasteiger partial charge < -0.3 is 20.7 Å². The second-order valence-corrected chi connectivity index (χ2v) is 9.85. The minimum Gasteiger partial charge on any atom is -0.444 e. The molecule has 0 aromatic heterocycles. The maximum Gasteiger partial charge on any atom is 0.408 e. The van der Waals surface area contributed by atoms with Crippen LogP contribution in [0.4, 0.5) is 9.18 Å². The summed E-state index contributed by atoms with van der Waals surface area (Å²) in [6, 6.07) is 16.3. The lowest BCUT2D eigenvalue weighted by Crippen LogP contribution is -2.48. The minimum atomic E-state index is -0.701. The third-order valence-corrected chi connectivity index (χ3v) is 5.73. The summed E-state index contributed by atoms with van der Waals surface area (Å²) < 4.78 is 18.4. The first kappa shape index (κ1) is 25.7. The summed E-state index contributed by atoms with van der Waals surface area (Å²) in [4.78, 5) is 25.1. The van der Waals surface area contributed by atoms with Crippen LogP contribution in [0.25, 0.3) is 0 Å². The molecule has 7 heteroatoms. The Morgan fingerprint density at radius 2 is 1.76 bits per heavy atom. The van der Waals surface area contributed by atoms with Gasteiger partial charge in [0, 0.05) is 18.5 Å². The molecule has 184 valence electrons. The number of alkyl carbamates (subject to hydrolysis) is 1. The Hall–Kier alpha value is -2.93. The third kappa shape index (κ3) is 8.78. The first-order chi connectivity index (χ1) is 16.2. The predicted molar refractivity (Wildman–Crippen MR) is 131 cm³/mol. The van der Waals surface area contributed by atoms with Crippen LogP contribution in [0.15, 0.2) is 54.6 Å². The predicted octanol–water partition coefficient (Wildman–Crippen LogP) is 4.65. The lowest BCUT2D eigenvalue weighted by atomic mass is 10.1. The molecule has 1 aliphatic rings. The Morgan fingerprint density at radius 1 is 1.06 bits per heavy atom. The molecule has 1 saturated carbocycles. The van der Waals surface area contributed by atoms with Gasteiger partial charge in [-0.15, -0.1) is 0 Å². The van der Waals surface area contributed by atoms with Crippen molar-refractivity contribution in [3.63, 3.8) is 0 Å². The number of nitrogens with one attached hydrogen (secondary N) is 3. The number of hydrogen-bond donors (Lipinski definition) is 3. The second kappa shape index (κ2) is 12.0. The highest BCUT2D eigenvalue weighted by molar-refractivity contribution is 5.85. The Morgan fingerprint density at radius 3 is 2.44 bits per heavy atom. The monoisotopic (exact) mass is 469 g/mol. The summed E-state index contributed by atoms with van der Waals surface area (Å²) in [6.45, 7) is 6.47. The fourth-order valence-electron chi connectivity index (χ4n) is 3.88. The molecular formula is C27H36FN3O3. The molecule has 0 radical (unpaired) electrons. The summed E-state index contributed by atoms with van der Waals surface area (Å²) in [7, 11) is 0. The summed E-state index contributed by atoms with van der Waals surface area (Å²) in [6.07, 6.45) is 2.72. The molecule has 1 aliphatic carbocycles. The standard InChI is InChI=1S/C27H36FN3O3/c1-27(2,3)34-26(33)31-23(25(32)30-18-19-12-14-21(28)15-13-19)11-7-8-16-29-24-17-22(24)20-9-5-4-6-10-20/h4-6,9-10,12-15,22-24,29H,7-8,11,16-18H2,1-3H3,(H,30,32)(H,31,33)/t22?,23-,24?/m0/s1. The SMILES string of the molecule is CC(C)(C)OC(=O)N[C@@H](CCCCNC1CC1c1ccccc1)C(=O)NCc1ccc(F)cc1. The quantitative estimate of drug-likeness (QED) is 0.419. The Kier molecular flexibility index (Phi) is 9.05. The molecule has 2 amide bonds. The molecule has 0 aliphatic heterocycles. The van der Waals surface area contributed by atoms with Crippen LogP contribution in [0.5, 0.6) is 0 Å². The number of hydrogen-bond acceptors (Lipinski definition) is 4. The highest BCUT2D eigenvalue weighted by Gasteiger charge is 2.37. The molecule has 6 nitrogen and oxygen atoms in total. The number of benzene rings is 2. The number of carbonyl (C=O) groups is 2. The topological polar surface area (TPSA) is 79.5 Å². The van der Waals surface area contributed by atoms with Crippen LogP contribution >= 0.6 is 0 Å². The van der Waals surface area contributed by atoms with Crippen molar-refractivity contribution in [3.05, 3.63) is 71.5 Å². The van der Waals surface area contributed by atoms with Crippen LogP contribution in [0, 0.1) is 5.82 Å². The second-order valence-electron chi connectivity index (χ2n) is 9.85. The molecule has 3 atom stereocenters. The van der Waals surface area contributed by atoms with Gasteiger partial charge in [0.1, 0.15) is 17.5 Å². The molecule has 34 heavy (non-hydrogen) atoms. The molecule has 3 N–H and O–H groups in total. The van der Waals surface area contributed by atoms with Crippen molar-refractivity contribution in [1.29, 1.82) is 0 Å². The maximum absolute atomic E-state index is 13.1. The lowest BCUT2D eigenvalue weighted by molar-refractivity contribution is -0.123. The highest BCUT2D eigenvalue weighted by Crippen LogP contribution is 2.40. The average Bonchev–Trinajstić information content (AvgIpc) is 3.56. The summed E-state index contributed by atoms with van der Waals surface area (Å²) in [5.41, 5.74) is 1.51. The van der Waals surface area contributed by atoms with Crippen molar-refractivity contribution >= 4 is 12.0 Å². The first-order valence-corrected chi connectivity index (χ1v) is 12.0. The third-order valence-electron chi connectivity index (χ3n) is 5.73. The molecule has 2 aromatic carbocycles. The van der Waals surface area contributed by atoms with Gasteiger partial charge in [-0.2, -0.15) is 0 Å². The van der Waals surface area contributed by atoms with E-state index in [0.29, 0.717) is 18.4 Å². The van der Waals surface area contributed by atoms with E-state index in [9.17, 15) is 14.0 Å². The van der Waals surface area contributed by atoms with Gasteiger partial charge in [0.15, 0.2) is 0 Å². The van der Waals surface area contributed by atoms with Crippen molar-refractivity contribution < 1.29 is 18.7 Å². The van der Waals surface area contributed by atoms with Gasteiger partial charge >= 0.3 is 6.09 Å². The molecule has 3 rings (SSSR count). The van der Waals surface area contributed by atoms with Crippen LogP contribution < -0.4 is 16.0 Å². The molecule has 2 unspecified atom stereocenters. The molecule has 0 bridgehead atoms. The first-order valence-electron chi connectivity index (χ1n) is 12.0.